The average Bonchev–Trinajstić information content (AvgIpc) is 2.54. The van der Waals surface area contributed by atoms with Crippen molar-refractivity contribution in [3.8, 4) is 5.75 Å². The number of aryl methyl sites for hydroxylation is 1. The Labute approximate surface area is 130 Å². The van der Waals surface area contributed by atoms with Gasteiger partial charge in [0.05, 0.1) is 12.8 Å². The van der Waals surface area contributed by atoms with Crippen LogP contribution in [0.3, 0.4) is 0 Å². The molecular formula is C18H20N2O2. The molecule has 2 aromatic rings. The Kier molecular flexibility index (Phi) is 5.72. The normalized spacial score (nSPS) is 10.6. The summed E-state index contributed by atoms with van der Waals surface area (Å²) in [4.78, 5) is 11.9. The summed E-state index contributed by atoms with van der Waals surface area (Å²) in [5.41, 5.74) is 5.05. The zero-order valence-electron chi connectivity index (χ0n) is 12.9. The molecule has 0 aromatic heterocycles. The van der Waals surface area contributed by atoms with Crippen LogP contribution in [0.15, 0.2) is 53.6 Å². The number of carbonyl (C=O) groups excluding carboxylic acids is 1. The summed E-state index contributed by atoms with van der Waals surface area (Å²) in [6.45, 7) is 4.69. The summed E-state index contributed by atoms with van der Waals surface area (Å²) in [5, 5.41) is 4.00. The predicted octanol–water partition coefficient (Wildman–Crippen LogP) is 3.55. The van der Waals surface area contributed by atoms with Gasteiger partial charge in [0.25, 0.3) is 5.91 Å². The molecule has 0 unspecified atom stereocenters. The number of hydrogen-bond acceptors (Lipinski definition) is 3. The molecule has 0 heterocycles. The molecule has 0 aliphatic carbocycles. The van der Waals surface area contributed by atoms with Crippen LogP contribution in [-0.2, 0) is 0 Å². The fourth-order valence-electron chi connectivity index (χ4n) is 1.86. The molecule has 0 saturated carbocycles. The average molecular weight is 296 g/mol. The first-order valence-corrected chi connectivity index (χ1v) is 7.32. The van der Waals surface area contributed by atoms with Gasteiger partial charge in [0, 0.05) is 11.1 Å². The van der Waals surface area contributed by atoms with Crippen LogP contribution in [0.4, 0.5) is 0 Å². The number of amides is 1. The van der Waals surface area contributed by atoms with E-state index in [0.717, 1.165) is 23.3 Å². The van der Waals surface area contributed by atoms with Crippen molar-refractivity contribution in [3.63, 3.8) is 0 Å². The van der Waals surface area contributed by atoms with Crippen LogP contribution < -0.4 is 10.2 Å². The third-order valence-electron chi connectivity index (χ3n) is 3.06. The van der Waals surface area contributed by atoms with Gasteiger partial charge < -0.3 is 4.74 Å². The summed E-state index contributed by atoms with van der Waals surface area (Å²) < 4.78 is 5.64. The van der Waals surface area contributed by atoms with Crippen LogP contribution in [-0.4, -0.2) is 18.7 Å². The van der Waals surface area contributed by atoms with Crippen LogP contribution in [0.2, 0.25) is 0 Å². The number of hydrogen-bond donors (Lipinski definition) is 1. The Morgan fingerprint density at radius 1 is 1.18 bits per heavy atom. The molecule has 2 aromatic carbocycles. The molecule has 0 aliphatic heterocycles. The zero-order valence-corrected chi connectivity index (χ0v) is 12.9. The highest BCUT2D eigenvalue weighted by atomic mass is 16.5. The summed E-state index contributed by atoms with van der Waals surface area (Å²) in [6.07, 6.45) is 2.53. The molecule has 1 amide bonds. The molecule has 0 fully saturated rings. The topological polar surface area (TPSA) is 50.7 Å². The van der Waals surface area contributed by atoms with Crippen molar-refractivity contribution in [3.05, 3.63) is 65.2 Å². The fourth-order valence-corrected chi connectivity index (χ4v) is 1.86. The number of carbonyl (C=O) groups is 1. The van der Waals surface area contributed by atoms with Crippen molar-refractivity contribution in [1.82, 2.24) is 5.43 Å². The number of benzene rings is 2. The lowest BCUT2D eigenvalue weighted by Gasteiger charge is -2.07. The number of rotatable bonds is 6. The van der Waals surface area contributed by atoms with Crippen molar-refractivity contribution in [2.45, 2.75) is 20.3 Å². The highest BCUT2D eigenvalue weighted by Gasteiger charge is 2.03. The first-order valence-electron chi connectivity index (χ1n) is 7.32. The molecule has 1 N–H and O–H groups in total. The molecular weight excluding hydrogens is 276 g/mol. The van der Waals surface area contributed by atoms with E-state index in [0.29, 0.717) is 12.2 Å². The molecule has 0 atom stereocenters. The van der Waals surface area contributed by atoms with E-state index in [2.05, 4.69) is 17.5 Å². The lowest BCUT2D eigenvalue weighted by Crippen LogP contribution is -2.17. The van der Waals surface area contributed by atoms with Crippen molar-refractivity contribution in [1.29, 1.82) is 0 Å². The van der Waals surface area contributed by atoms with Crippen LogP contribution in [0.5, 0.6) is 5.75 Å². The van der Waals surface area contributed by atoms with Crippen LogP contribution >= 0.6 is 0 Å². The van der Waals surface area contributed by atoms with E-state index >= 15 is 0 Å². The standard InChI is InChI=1S/C18H20N2O2/c1-3-12-22-17-7-5-4-6-16(17)13-19-20-18(21)15-10-8-14(2)9-11-15/h4-11,13H,3,12H2,1-2H3,(H,20,21)/b19-13-. The molecule has 2 rings (SSSR count). The summed E-state index contributed by atoms with van der Waals surface area (Å²) in [7, 11) is 0. The quantitative estimate of drug-likeness (QED) is 0.654. The van der Waals surface area contributed by atoms with Crippen molar-refractivity contribution >= 4 is 12.1 Å². The molecule has 22 heavy (non-hydrogen) atoms. The third-order valence-corrected chi connectivity index (χ3v) is 3.06. The Hall–Kier alpha value is -2.62. The zero-order chi connectivity index (χ0) is 15.8. The molecule has 4 nitrogen and oxygen atoms in total. The molecule has 4 heteroatoms. The molecule has 0 saturated heterocycles. The molecule has 114 valence electrons. The number of nitrogens with one attached hydrogen (secondary N) is 1. The van der Waals surface area contributed by atoms with E-state index in [-0.39, 0.29) is 5.91 Å². The van der Waals surface area contributed by atoms with Gasteiger partial charge in [-0.2, -0.15) is 5.10 Å². The molecule has 0 spiro atoms. The van der Waals surface area contributed by atoms with Crippen molar-refractivity contribution in [2.75, 3.05) is 6.61 Å². The first kappa shape index (κ1) is 15.8. The van der Waals surface area contributed by atoms with Gasteiger partial charge in [0.1, 0.15) is 5.75 Å². The minimum absolute atomic E-state index is 0.233. The van der Waals surface area contributed by atoms with Gasteiger partial charge in [-0.1, -0.05) is 36.8 Å². The Balaban J connectivity index is 2.00. The number of ether oxygens (including phenoxy) is 1. The second-order valence-corrected chi connectivity index (χ2v) is 4.95. The lowest BCUT2D eigenvalue weighted by molar-refractivity contribution is 0.0955. The van der Waals surface area contributed by atoms with E-state index in [1.807, 2.05) is 43.3 Å². The van der Waals surface area contributed by atoms with Crippen LogP contribution in [0.25, 0.3) is 0 Å². The van der Waals surface area contributed by atoms with E-state index in [4.69, 9.17) is 4.74 Å². The highest BCUT2D eigenvalue weighted by molar-refractivity contribution is 5.95. The Morgan fingerprint density at radius 3 is 2.64 bits per heavy atom. The van der Waals surface area contributed by atoms with E-state index in [1.54, 1.807) is 18.3 Å². The maximum Gasteiger partial charge on any atom is 0.271 e. The maximum atomic E-state index is 11.9. The van der Waals surface area contributed by atoms with Gasteiger partial charge in [0.15, 0.2) is 0 Å². The SMILES string of the molecule is CCCOc1ccccc1/C=N\NC(=O)c1ccc(C)cc1. The summed E-state index contributed by atoms with van der Waals surface area (Å²) >= 11 is 0. The molecule has 0 radical (unpaired) electrons. The lowest BCUT2D eigenvalue weighted by atomic mass is 10.1. The van der Waals surface area contributed by atoms with Crippen molar-refractivity contribution < 1.29 is 9.53 Å². The smallest absolute Gasteiger partial charge is 0.271 e. The van der Waals surface area contributed by atoms with E-state index < -0.39 is 0 Å². The van der Waals surface area contributed by atoms with Gasteiger partial charge in [-0.15, -0.1) is 0 Å². The van der Waals surface area contributed by atoms with E-state index in [1.165, 1.54) is 0 Å². The van der Waals surface area contributed by atoms with Gasteiger partial charge in [-0.3, -0.25) is 4.79 Å². The minimum atomic E-state index is -0.233. The number of para-hydroxylation sites is 1. The largest absolute Gasteiger partial charge is 0.493 e. The predicted molar refractivity (Wildman–Crippen MR) is 88.5 cm³/mol. The fraction of sp³-hybridized carbons (Fsp3) is 0.222. The van der Waals surface area contributed by atoms with Gasteiger partial charge in [-0.05, 0) is 37.6 Å². The Bertz CT molecular complexity index is 648. The highest BCUT2D eigenvalue weighted by Crippen LogP contribution is 2.15. The number of nitrogens with zero attached hydrogens (tertiary/aromatic N) is 1. The third kappa shape index (κ3) is 4.45. The number of hydrazone groups is 1. The molecule has 0 aliphatic rings. The van der Waals surface area contributed by atoms with Crippen molar-refractivity contribution in [2.24, 2.45) is 5.10 Å². The van der Waals surface area contributed by atoms with Gasteiger partial charge in [-0.25, -0.2) is 5.43 Å². The maximum absolute atomic E-state index is 11.9. The van der Waals surface area contributed by atoms with E-state index in [9.17, 15) is 4.79 Å². The second-order valence-electron chi connectivity index (χ2n) is 4.95. The minimum Gasteiger partial charge on any atom is -0.493 e. The van der Waals surface area contributed by atoms with Crippen LogP contribution in [0.1, 0.15) is 34.8 Å². The Morgan fingerprint density at radius 2 is 1.91 bits per heavy atom. The van der Waals surface area contributed by atoms with Gasteiger partial charge >= 0.3 is 0 Å². The monoisotopic (exact) mass is 296 g/mol. The summed E-state index contributed by atoms with van der Waals surface area (Å²) in [6, 6.07) is 14.9. The molecule has 0 bridgehead atoms. The first-order chi connectivity index (χ1) is 10.7. The van der Waals surface area contributed by atoms with Gasteiger partial charge in [0.2, 0.25) is 0 Å². The van der Waals surface area contributed by atoms with Crippen LogP contribution in [0, 0.1) is 6.92 Å². The summed E-state index contributed by atoms with van der Waals surface area (Å²) in [5.74, 6) is 0.529. The second kappa shape index (κ2) is 7.98.